The molecule has 2 rings (SSSR count). The van der Waals surface area contributed by atoms with Gasteiger partial charge in [-0.25, -0.2) is 17.9 Å². The minimum Gasteiger partial charge on any atom is -0.478 e. The molecule has 24 heavy (non-hydrogen) atoms. The molecule has 0 spiro atoms. The summed E-state index contributed by atoms with van der Waals surface area (Å²) in [5.41, 5.74) is 1.11. The molecule has 7 heteroatoms. The van der Waals surface area contributed by atoms with E-state index in [-0.39, 0.29) is 10.5 Å². The second-order valence-electron chi connectivity index (χ2n) is 5.30. The molecule has 0 aliphatic rings. The number of anilines is 1. The molecular weight excluding hydrogens is 328 g/mol. The first-order valence-corrected chi connectivity index (χ1v) is 9.02. The lowest BCUT2D eigenvalue weighted by Crippen LogP contribution is -2.28. The van der Waals surface area contributed by atoms with Gasteiger partial charge in [-0.3, -0.25) is 0 Å². The molecule has 0 amide bonds. The van der Waals surface area contributed by atoms with Crippen LogP contribution in [0.2, 0.25) is 0 Å². The lowest BCUT2D eigenvalue weighted by molar-refractivity contribution is 0.0696. The Labute approximate surface area is 141 Å². The molecule has 2 aromatic rings. The Balaban J connectivity index is 2.40. The summed E-state index contributed by atoms with van der Waals surface area (Å²) in [5, 5.41) is 12.1. The van der Waals surface area contributed by atoms with E-state index >= 15 is 0 Å². The number of carboxylic acid groups (broad SMARTS) is 1. The maximum atomic E-state index is 12.7. The van der Waals surface area contributed by atoms with Gasteiger partial charge in [0.1, 0.15) is 4.90 Å². The van der Waals surface area contributed by atoms with Crippen LogP contribution < -0.4 is 10.0 Å². The minimum atomic E-state index is -3.89. The van der Waals surface area contributed by atoms with Gasteiger partial charge in [-0.15, -0.1) is 0 Å². The van der Waals surface area contributed by atoms with Crippen LogP contribution >= 0.6 is 0 Å². The van der Waals surface area contributed by atoms with Crippen LogP contribution in [0.5, 0.6) is 0 Å². The van der Waals surface area contributed by atoms with Crippen LogP contribution in [0.25, 0.3) is 0 Å². The van der Waals surface area contributed by atoms with Gasteiger partial charge in [-0.2, -0.15) is 0 Å². The number of benzene rings is 2. The third-order valence-electron chi connectivity index (χ3n) is 3.52. The fourth-order valence-electron chi connectivity index (χ4n) is 2.32. The molecular formula is C17H20N2O4S. The average Bonchev–Trinajstić information content (AvgIpc) is 2.55. The Morgan fingerprint density at radius 1 is 1.17 bits per heavy atom. The van der Waals surface area contributed by atoms with E-state index in [9.17, 15) is 13.2 Å². The van der Waals surface area contributed by atoms with E-state index in [4.69, 9.17) is 5.11 Å². The summed E-state index contributed by atoms with van der Waals surface area (Å²) in [6.45, 7) is 4.09. The van der Waals surface area contributed by atoms with Gasteiger partial charge in [0.25, 0.3) is 0 Å². The van der Waals surface area contributed by atoms with Gasteiger partial charge in [-0.1, -0.05) is 30.3 Å². The molecule has 6 nitrogen and oxygen atoms in total. The zero-order valence-corrected chi connectivity index (χ0v) is 14.3. The summed E-state index contributed by atoms with van der Waals surface area (Å²) >= 11 is 0. The van der Waals surface area contributed by atoms with Crippen molar-refractivity contribution in [1.29, 1.82) is 0 Å². The van der Waals surface area contributed by atoms with Crippen molar-refractivity contribution < 1.29 is 18.3 Å². The number of aromatic carboxylic acids is 1. The monoisotopic (exact) mass is 348 g/mol. The second-order valence-corrected chi connectivity index (χ2v) is 6.98. The van der Waals surface area contributed by atoms with Gasteiger partial charge in [0.05, 0.1) is 11.3 Å². The molecule has 0 saturated heterocycles. The van der Waals surface area contributed by atoms with E-state index in [1.54, 1.807) is 6.92 Å². The first kappa shape index (κ1) is 18.0. The third-order valence-corrected chi connectivity index (χ3v) is 5.10. The first-order valence-electron chi connectivity index (χ1n) is 7.53. The van der Waals surface area contributed by atoms with Gasteiger partial charge >= 0.3 is 5.97 Å². The lowest BCUT2D eigenvalue weighted by atomic mass is 10.1. The Kier molecular flexibility index (Phi) is 5.58. The van der Waals surface area contributed by atoms with Crippen molar-refractivity contribution in [2.24, 2.45) is 0 Å². The van der Waals surface area contributed by atoms with Crippen molar-refractivity contribution in [3.8, 4) is 0 Å². The molecule has 0 saturated carbocycles. The third kappa shape index (κ3) is 4.12. The molecule has 0 aliphatic heterocycles. The molecule has 0 bridgehead atoms. The molecule has 0 heterocycles. The smallest absolute Gasteiger partial charge is 0.335 e. The van der Waals surface area contributed by atoms with Crippen LogP contribution in [-0.2, 0) is 10.0 Å². The molecule has 1 atom stereocenters. The lowest BCUT2D eigenvalue weighted by Gasteiger charge is -2.17. The van der Waals surface area contributed by atoms with Crippen molar-refractivity contribution in [3.05, 3.63) is 59.7 Å². The van der Waals surface area contributed by atoms with E-state index in [1.807, 2.05) is 37.3 Å². The van der Waals surface area contributed by atoms with E-state index in [1.165, 1.54) is 18.2 Å². The van der Waals surface area contributed by atoms with Crippen LogP contribution in [0.3, 0.4) is 0 Å². The van der Waals surface area contributed by atoms with Crippen molar-refractivity contribution >= 4 is 21.7 Å². The highest BCUT2D eigenvalue weighted by atomic mass is 32.2. The van der Waals surface area contributed by atoms with Crippen LogP contribution in [0.1, 0.15) is 35.8 Å². The normalized spacial score (nSPS) is 12.6. The highest BCUT2D eigenvalue weighted by molar-refractivity contribution is 7.89. The number of carboxylic acids is 1. The molecule has 3 N–H and O–H groups in total. The van der Waals surface area contributed by atoms with E-state index in [2.05, 4.69) is 10.0 Å². The number of carbonyl (C=O) groups is 1. The van der Waals surface area contributed by atoms with Crippen LogP contribution in [0, 0.1) is 0 Å². The molecule has 0 radical (unpaired) electrons. The van der Waals surface area contributed by atoms with Crippen molar-refractivity contribution in [2.75, 3.05) is 11.9 Å². The number of hydrogen-bond acceptors (Lipinski definition) is 4. The largest absolute Gasteiger partial charge is 0.478 e. The highest BCUT2D eigenvalue weighted by Gasteiger charge is 2.23. The molecule has 0 aliphatic carbocycles. The number of rotatable bonds is 7. The predicted molar refractivity (Wildman–Crippen MR) is 92.7 cm³/mol. The average molecular weight is 348 g/mol. The predicted octanol–water partition coefficient (Wildman–Crippen LogP) is 2.86. The van der Waals surface area contributed by atoms with Crippen LogP contribution in [-0.4, -0.2) is 26.0 Å². The van der Waals surface area contributed by atoms with Gasteiger partial charge in [0.15, 0.2) is 0 Å². The van der Waals surface area contributed by atoms with E-state index in [0.717, 1.165) is 5.56 Å². The Morgan fingerprint density at radius 3 is 2.42 bits per heavy atom. The molecule has 128 valence electrons. The zero-order valence-electron chi connectivity index (χ0n) is 13.5. The van der Waals surface area contributed by atoms with Gasteiger partial charge in [0.2, 0.25) is 10.0 Å². The summed E-state index contributed by atoms with van der Waals surface area (Å²) in [7, 11) is -3.89. The van der Waals surface area contributed by atoms with E-state index in [0.29, 0.717) is 12.2 Å². The fraction of sp³-hybridized carbons (Fsp3) is 0.235. The summed E-state index contributed by atoms with van der Waals surface area (Å²) in [6.07, 6.45) is 0. The molecule has 0 aromatic heterocycles. The standard InChI is InChI=1S/C17H20N2O4S/c1-3-18-15-10-9-14(17(20)21)11-16(15)24(22,23)19-12(2)13-7-5-4-6-8-13/h4-12,18-19H,3H2,1-2H3,(H,20,21)/t12-/m1/s1. The fourth-order valence-corrected chi connectivity index (χ4v) is 3.76. The van der Waals surface area contributed by atoms with Crippen molar-refractivity contribution in [3.63, 3.8) is 0 Å². The minimum absolute atomic E-state index is 0.0768. The van der Waals surface area contributed by atoms with Gasteiger partial charge in [-0.05, 0) is 37.6 Å². The molecule has 0 fully saturated rings. The molecule has 2 aromatic carbocycles. The summed E-state index contributed by atoms with van der Waals surface area (Å²) < 4.78 is 28.1. The quantitative estimate of drug-likeness (QED) is 0.715. The Hall–Kier alpha value is -2.38. The zero-order chi connectivity index (χ0) is 17.7. The van der Waals surface area contributed by atoms with E-state index < -0.39 is 22.0 Å². The Morgan fingerprint density at radius 2 is 1.83 bits per heavy atom. The van der Waals surface area contributed by atoms with Crippen LogP contribution in [0.15, 0.2) is 53.4 Å². The number of sulfonamides is 1. The van der Waals surface area contributed by atoms with Crippen LogP contribution in [0.4, 0.5) is 5.69 Å². The summed E-state index contributed by atoms with van der Waals surface area (Å²) in [5.74, 6) is -1.18. The number of nitrogens with one attached hydrogen (secondary N) is 2. The Bertz CT molecular complexity index is 820. The maximum absolute atomic E-state index is 12.7. The van der Waals surface area contributed by atoms with Crippen molar-refractivity contribution in [2.45, 2.75) is 24.8 Å². The molecule has 0 unspecified atom stereocenters. The summed E-state index contributed by atoms with van der Waals surface area (Å²) in [4.78, 5) is 11.1. The first-order chi connectivity index (χ1) is 11.3. The number of hydrogen-bond donors (Lipinski definition) is 3. The van der Waals surface area contributed by atoms with Crippen molar-refractivity contribution in [1.82, 2.24) is 4.72 Å². The SMILES string of the molecule is CCNc1ccc(C(=O)O)cc1S(=O)(=O)N[C@H](C)c1ccccc1. The highest BCUT2D eigenvalue weighted by Crippen LogP contribution is 2.25. The summed E-state index contributed by atoms with van der Waals surface area (Å²) in [6, 6.07) is 12.7. The van der Waals surface area contributed by atoms with Gasteiger partial charge in [0, 0.05) is 12.6 Å². The second kappa shape index (κ2) is 7.46. The topological polar surface area (TPSA) is 95.5 Å². The maximum Gasteiger partial charge on any atom is 0.335 e. The van der Waals surface area contributed by atoms with Gasteiger partial charge < -0.3 is 10.4 Å².